The molecule has 0 fully saturated rings. The Labute approximate surface area is 114 Å². The molecule has 3 nitrogen and oxygen atoms in total. The lowest BCUT2D eigenvalue weighted by Crippen LogP contribution is -2.01. The highest BCUT2D eigenvalue weighted by Gasteiger charge is 2.10. The molecule has 0 bridgehead atoms. The number of benzene rings is 2. The van der Waals surface area contributed by atoms with Crippen molar-refractivity contribution < 1.29 is 9.90 Å². The fourth-order valence-electron chi connectivity index (χ4n) is 2.00. The molecule has 3 aromatic rings. The number of anilines is 2. The van der Waals surface area contributed by atoms with Gasteiger partial charge < -0.3 is 10.4 Å². The smallest absolute Gasteiger partial charge is 0.337 e. The van der Waals surface area contributed by atoms with Crippen LogP contribution in [0.25, 0.3) is 10.1 Å². The molecule has 1 aromatic heterocycles. The normalized spacial score (nSPS) is 10.5. The Morgan fingerprint density at radius 3 is 2.58 bits per heavy atom. The Bertz CT molecular complexity index is 748. The van der Waals surface area contributed by atoms with Gasteiger partial charge in [0.1, 0.15) is 0 Å². The van der Waals surface area contributed by atoms with Gasteiger partial charge >= 0.3 is 5.97 Å². The molecule has 0 amide bonds. The molecule has 3 rings (SSSR count). The predicted molar refractivity (Wildman–Crippen MR) is 78.5 cm³/mol. The first-order valence-corrected chi connectivity index (χ1v) is 6.69. The van der Waals surface area contributed by atoms with E-state index in [1.807, 2.05) is 35.7 Å². The molecule has 0 aliphatic carbocycles. The summed E-state index contributed by atoms with van der Waals surface area (Å²) < 4.78 is 1.18. The molecule has 19 heavy (non-hydrogen) atoms. The van der Waals surface area contributed by atoms with Crippen LogP contribution in [-0.4, -0.2) is 11.1 Å². The molecule has 2 N–H and O–H groups in total. The SMILES string of the molecule is O=C(O)c1ccccc1Nc1csc2ccccc12. The molecule has 0 unspecified atom stereocenters. The Balaban J connectivity index is 2.04. The molecule has 0 radical (unpaired) electrons. The first-order chi connectivity index (χ1) is 9.25. The van der Waals surface area contributed by atoms with Crippen molar-refractivity contribution >= 4 is 38.8 Å². The zero-order valence-corrected chi connectivity index (χ0v) is 10.8. The maximum absolute atomic E-state index is 11.2. The third kappa shape index (κ3) is 2.18. The summed E-state index contributed by atoms with van der Waals surface area (Å²) in [5.41, 5.74) is 1.82. The number of nitrogens with one attached hydrogen (secondary N) is 1. The summed E-state index contributed by atoms with van der Waals surface area (Å²) in [5.74, 6) is -0.928. The highest BCUT2D eigenvalue weighted by Crippen LogP contribution is 2.32. The number of thiophene rings is 1. The van der Waals surface area contributed by atoms with Crippen molar-refractivity contribution in [2.75, 3.05) is 5.32 Å². The molecular weight excluding hydrogens is 258 g/mol. The molecule has 0 spiro atoms. The molecule has 94 valence electrons. The minimum Gasteiger partial charge on any atom is -0.478 e. The van der Waals surface area contributed by atoms with Crippen LogP contribution in [0.5, 0.6) is 0 Å². The van der Waals surface area contributed by atoms with E-state index in [0.717, 1.165) is 11.1 Å². The number of fused-ring (bicyclic) bond motifs is 1. The van der Waals surface area contributed by atoms with Crippen LogP contribution in [0, 0.1) is 0 Å². The maximum atomic E-state index is 11.2. The van der Waals surface area contributed by atoms with Crippen LogP contribution in [0.1, 0.15) is 10.4 Å². The predicted octanol–water partition coefficient (Wildman–Crippen LogP) is 4.34. The van der Waals surface area contributed by atoms with Crippen LogP contribution in [0.3, 0.4) is 0 Å². The number of hydrogen-bond acceptors (Lipinski definition) is 3. The van der Waals surface area contributed by atoms with E-state index in [-0.39, 0.29) is 5.56 Å². The van der Waals surface area contributed by atoms with Crippen molar-refractivity contribution in [1.82, 2.24) is 0 Å². The third-order valence-corrected chi connectivity index (χ3v) is 3.87. The molecule has 2 aromatic carbocycles. The minimum absolute atomic E-state index is 0.276. The average molecular weight is 269 g/mol. The van der Waals surface area contributed by atoms with Crippen molar-refractivity contribution in [3.63, 3.8) is 0 Å². The van der Waals surface area contributed by atoms with Crippen molar-refractivity contribution in [2.24, 2.45) is 0 Å². The first kappa shape index (κ1) is 11.7. The van der Waals surface area contributed by atoms with Crippen molar-refractivity contribution in [3.05, 3.63) is 59.5 Å². The molecule has 0 aliphatic heterocycles. The van der Waals surface area contributed by atoms with Crippen LogP contribution in [0.2, 0.25) is 0 Å². The highest BCUT2D eigenvalue weighted by atomic mass is 32.1. The Morgan fingerprint density at radius 2 is 1.74 bits per heavy atom. The van der Waals surface area contributed by atoms with E-state index in [0.29, 0.717) is 5.69 Å². The second-order valence-corrected chi connectivity index (χ2v) is 5.03. The van der Waals surface area contributed by atoms with E-state index < -0.39 is 5.97 Å². The number of carbonyl (C=O) groups is 1. The number of aromatic carboxylic acids is 1. The molecule has 0 saturated heterocycles. The maximum Gasteiger partial charge on any atom is 0.337 e. The average Bonchev–Trinajstić information content (AvgIpc) is 2.83. The van der Waals surface area contributed by atoms with Crippen LogP contribution >= 0.6 is 11.3 Å². The fourth-order valence-corrected chi connectivity index (χ4v) is 2.89. The van der Waals surface area contributed by atoms with E-state index >= 15 is 0 Å². The second kappa shape index (κ2) is 4.74. The van der Waals surface area contributed by atoms with E-state index in [4.69, 9.17) is 0 Å². The van der Waals surface area contributed by atoms with Crippen molar-refractivity contribution in [3.8, 4) is 0 Å². The van der Waals surface area contributed by atoms with Gasteiger partial charge in [-0.3, -0.25) is 0 Å². The van der Waals surface area contributed by atoms with Gasteiger partial charge in [-0.15, -0.1) is 11.3 Å². The minimum atomic E-state index is -0.928. The van der Waals surface area contributed by atoms with Crippen LogP contribution < -0.4 is 5.32 Å². The summed E-state index contributed by atoms with van der Waals surface area (Å²) in [6.07, 6.45) is 0. The summed E-state index contributed by atoms with van der Waals surface area (Å²) in [7, 11) is 0. The van der Waals surface area contributed by atoms with Gasteiger partial charge in [0, 0.05) is 15.5 Å². The largest absolute Gasteiger partial charge is 0.478 e. The quantitative estimate of drug-likeness (QED) is 0.743. The lowest BCUT2D eigenvalue weighted by Gasteiger charge is -2.08. The number of hydrogen-bond donors (Lipinski definition) is 2. The number of carboxylic acid groups (broad SMARTS) is 1. The van der Waals surface area contributed by atoms with E-state index in [2.05, 4.69) is 5.32 Å². The lowest BCUT2D eigenvalue weighted by molar-refractivity contribution is 0.0698. The van der Waals surface area contributed by atoms with Gasteiger partial charge in [0.05, 0.1) is 16.9 Å². The first-order valence-electron chi connectivity index (χ1n) is 5.81. The van der Waals surface area contributed by atoms with Gasteiger partial charge in [0.15, 0.2) is 0 Å². The van der Waals surface area contributed by atoms with E-state index in [1.54, 1.807) is 29.5 Å². The van der Waals surface area contributed by atoms with E-state index in [9.17, 15) is 9.90 Å². The monoisotopic (exact) mass is 269 g/mol. The number of carboxylic acids is 1. The van der Waals surface area contributed by atoms with Gasteiger partial charge in [-0.1, -0.05) is 30.3 Å². The third-order valence-electron chi connectivity index (χ3n) is 2.91. The Kier molecular flexibility index (Phi) is 2.93. The summed E-state index contributed by atoms with van der Waals surface area (Å²) in [6, 6.07) is 15.0. The highest BCUT2D eigenvalue weighted by molar-refractivity contribution is 7.17. The summed E-state index contributed by atoms with van der Waals surface area (Å²) in [5, 5.41) is 15.5. The lowest BCUT2D eigenvalue weighted by atomic mass is 10.1. The molecule has 0 atom stereocenters. The summed E-state index contributed by atoms with van der Waals surface area (Å²) in [4.78, 5) is 11.2. The zero-order valence-electron chi connectivity index (χ0n) is 9.96. The number of rotatable bonds is 3. The van der Waals surface area contributed by atoms with Crippen molar-refractivity contribution in [1.29, 1.82) is 0 Å². The van der Waals surface area contributed by atoms with Crippen LogP contribution in [0.15, 0.2) is 53.9 Å². The van der Waals surface area contributed by atoms with Gasteiger partial charge in [-0.05, 0) is 18.2 Å². The molecule has 4 heteroatoms. The molecule has 0 saturated carbocycles. The van der Waals surface area contributed by atoms with Gasteiger partial charge in [-0.2, -0.15) is 0 Å². The number of para-hydroxylation sites is 1. The van der Waals surface area contributed by atoms with Gasteiger partial charge in [-0.25, -0.2) is 4.79 Å². The standard InChI is InChI=1S/C15H11NO2S/c17-15(18)11-6-1-3-7-12(11)16-13-9-19-14-8-4-2-5-10(13)14/h1-9,16H,(H,17,18). The molecule has 0 aliphatic rings. The molecular formula is C15H11NO2S. The van der Waals surface area contributed by atoms with Crippen LogP contribution in [0.4, 0.5) is 11.4 Å². The van der Waals surface area contributed by atoms with Gasteiger partial charge in [0.25, 0.3) is 0 Å². The van der Waals surface area contributed by atoms with Crippen molar-refractivity contribution in [2.45, 2.75) is 0 Å². The fraction of sp³-hybridized carbons (Fsp3) is 0. The second-order valence-electron chi connectivity index (χ2n) is 4.12. The Morgan fingerprint density at radius 1 is 1.00 bits per heavy atom. The van der Waals surface area contributed by atoms with Crippen LogP contribution in [-0.2, 0) is 0 Å². The summed E-state index contributed by atoms with van der Waals surface area (Å²) >= 11 is 1.64. The zero-order chi connectivity index (χ0) is 13.2. The Hall–Kier alpha value is -2.33. The summed E-state index contributed by atoms with van der Waals surface area (Å²) in [6.45, 7) is 0. The van der Waals surface area contributed by atoms with Gasteiger partial charge in [0.2, 0.25) is 0 Å². The van der Waals surface area contributed by atoms with E-state index in [1.165, 1.54) is 4.70 Å². The topological polar surface area (TPSA) is 49.3 Å². The molecule has 1 heterocycles.